The van der Waals surface area contributed by atoms with E-state index < -0.39 is 0 Å². The molecule has 1 aliphatic heterocycles. The number of rotatable bonds is 10. The highest BCUT2D eigenvalue weighted by molar-refractivity contribution is 6.36. The topological polar surface area (TPSA) is 48.8 Å². The van der Waals surface area contributed by atoms with Crippen LogP contribution < -0.4 is 5.32 Å². The number of fused-ring (bicyclic) bond motifs is 1. The Morgan fingerprint density at radius 2 is 0.701 bits per heavy atom. The standard InChI is InChI=1S/C64H45N3/c65-63(54-24-14-5-15-25-54)62(53-22-12-4-13-23-53)64-58-39-38-55(40-57(58)43-61(67-64)50-20-10-3-11-21-50)48-26-28-49(29-27-48)56-41-59(51-34-30-46(31-35-51)44-16-6-1-7-17-44)66-60(42-56)52-36-32-47(33-37-52)45-18-8-2-9-19-45/h1-43,65,67H/b64-62-,65-63?. The molecule has 0 unspecified atom stereocenters. The summed E-state index contributed by atoms with van der Waals surface area (Å²) < 4.78 is 0. The van der Waals surface area contributed by atoms with Crippen LogP contribution in [0.1, 0.15) is 27.8 Å². The molecule has 0 saturated carbocycles. The molecule has 0 aliphatic carbocycles. The first-order valence-electron chi connectivity index (χ1n) is 22.7. The first kappa shape index (κ1) is 40.8. The van der Waals surface area contributed by atoms with E-state index in [0.29, 0.717) is 5.71 Å². The molecule has 0 saturated heterocycles. The molecule has 0 atom stereocenters. The van der Waals surface area contributed by atoms with Gasteiger partial charge >= 0.3 is 0 Å². The van der Waals surface area contributed by atoms with Crippen molar-refractivity contribution in [1.29, 1.82) is 5.41 Å². The van der Waals surface area contributed by atoms with Gasteiger partial charge in [0.1, 0.15) is 0 Å². The van der Waals surface area contributed by atoms with Crippen molar-refractivity contribution in [3.63, 3.8) is 0 Å². The van der Waals surface area contributed by atoms with E-state index in [-0.39, 0.29) is 0 Å². The lowest BCUT2D eigenvalue weighted by Gasteiger charge is -2.26. The average molecular weight is 856 g/mol. The first-order chi connectivity index (χ1) is 33.1. The van der Waals surface area contributed by atoms with Crippen LogP contribution in [0.4, 0.5) is 0 Å². The van der Waals surface area contributed by atoms with E-state index in [2.05, 4.69) is 199 Å². The van der Waals surface area contributed by atoms with Crippen LogP contribution in [-0.4, -0.2) is 10.7 Å². The molecule has 1 aromatic heterocycles. The lowest BCUT2D eigenvalue weighted by molar-refractivity contribution is 1.22. The van der Waals surface area contributed by atoms with Gasteiger partial charge in [0, 0.05) is 33.5 Å². The van der Waals surface area contributed by atoms with E-state index in [4.69, 9.17) is 4.98 Å². The molecule has 3 heteroatoms. The summed E-state index contributed by atoms with van der Waals surface area (Å²) in [6, 6.07) is 89.1. The molecule has 0 amide bonds. The van der Waals surface area contributed by atoms with Crippen molar-refractivity contribution in [2.45, 2.75) is 0 Å². The summed E-state index contributed by atoms with van der Waals surface area (Å²) in [7, 11) is 0. The number of aromatic nitrogens is 1. The van der Waals surface area contributed by atoms with Gasteiger partial charge in [0.05, 0.1) is 22.8 Å². The van der Waals surface area contributed by atoms with E-state index in [1.807, 2.05) is 66.7 Å². The Balaban J connectivity index is 0.981. The zero-order chi connectivity index (χ0) is 44.9. The van der Waals surface area contributed by atoms with Crippen molar-refractivity contribution in [2.75, 3.05) is 0 Å². The van der Waals surface area contributed by atoms with E-state index in [0.717, 1.165) is 89.6 Å². The minimum absolute atomic E-state index is 0.463. The third kappa shape index (κ3) is 8.58. The number of allylic oxidation sites excluding steroid dienone is 1. The molecular weight excluding hydrogens is 811 g/mol. The zero-order valence-corrected chi connectivity index (χ0v) is 36.8. The second-order valence-electron chi connectivity index (χ2n) is 16.8. The van der Waals surface area contributed by atoms with Crippen molar-refractivity contribution in [1.82, 2.24) is 10.3 Å². The van der Waals surface area contributed by atoms with Crippen LogP contribution in [0.25, 0.3) is 90.1 Å². The predicted molar refractivity (Wildman–Crippen MR) is 281 cm³/mol. The van der Waals surface area contributed by atoms with Gasteiger partial charge in [0.2, 0.25) is 0 Å². The van der Waals surface area contributed by atoms with Gasteiger partial charge in [0.25, 0.3) is 0 Å². The van der Waals surface area contributed by atoms with Crippen molar-refractivity contribution >= 4 is 28.8 Å². The molecule has 1 aliphatic rings. The van der Waals surface area contributed by atoms with Crippen LogP contribution in [0.5, 0.6) is 0 Å². The summed E-state index contributed by atoms with van der Waals surface area (Å²) in [5.74, 6) is 0. The van der Waals surface area contributed by atoms with Gasteiger partial charge in [-0.1, -0.05) is 237 Å². The minimum atomic E-state index is 0.463. The SMILES string of the molecule is N=C(/C(=C1\NC(c2ccccc2)=Cc2cc(-c3ccc(-c4cc(-c5ccc(-c6ccccc6)cc5)nc(-c5ccc(-c6ccccc6)cc5)c4)cc3)ccc21)c1ccccc1)c1ccccc1. The van der Waals surface area contributed by atoms with Crippen LogP contribution >= 0.6 is 0 Å². The molecule has 3 nitrogen and oxygen atoms in total. The highest BCUT2D eigenvalue weighted by Gasteiger charge is 2.24. The van der Waals surface area contributed by atoms with Crippen molar-refractivity contribution in [3.8, 4) is 67.0 Å². The highest BCUT2D eigenvalue weighted by atomic mass is 14.9. The molecule has 316 valence electrons. The number of benzene rings is 9. The average Bonchev–Trinajstić information content (AvgIpc) is 3.42. The smallest absolute Gasteiger partial charge is 0.0715 e. The van der Waals surface area contributed by atoms with Gasteiger partial charge in [-0.25, -0.2) is 4.98 Å². The van der Waals surface area contributed by atoms with E-state index in [1.165, 1.54) is 22.3 Å². The van der Waals surface area contributed by atoms with Gasteiger partial charge in [-0.3, -0.25) is 5.41 Å². The van der Waals surface area contributed by atoms with Gasteiger partial charge in [-0.15, -0.1) is 0 Å². The summed E-state index contributed by atoms with van der Waals surface area (Å²) in [5.41, 5.74) is 21.4. The molecule has 10 aromatic rings. The molecule has 9 aromatic carbocycles. The van der Waals surface area contributed by atoms with Crippen molar-refractivity contribution in [3.05, 3.63) is 283 Å². The monoisotopic (exact) mass is 855 g/mol. The molecule has 2 heterocycles. The molecule has 0 fully saturated rings. The fourth-order valence-corrected chi connectivity index (χ4v) is 9.00. The lowest BCUT2D eigenvalue weighted by atomic mass is 9.87. The maximum atomic E-state index is 9.63. The molecular formula is C64H45N3. The maximum absolute atomic E-state index is 9.63. The maximum Gasteiger partial charge on any atom is 0.0715 e. The molecule has 0 radical (unpaired) electrons. The van der Waals surface area contributed by atoms with Crippen LogP contribution in [0, 0.1) is 5.41 Å². The number of nitrogens with zero attached hydrogens (tertiary/aromatic N) is 1. The summed E-state index contributed by atoms with van der Waals surface area (Å²) >= 11 is 0. The predicted octanol–water partition coefficient (Wildman–Crippen LogP) is 16.1. The third-order valence-electron chi connectivity index (χ3n) is 12.5. The van der Waals surface area contributed by atoms with Gasteiger partial charge in [-0.2, -0.15) is 0 Å². The summed E-state index contributed by atoms with van der Waals surface area (Å²) in [5, 5.41) is 13.4. The zero-order valence-electron chi connectivity index (χ0n) is 36.8. The largest absolute Gasteiger partial charge is 0.354 e. The molecule has 0 bridgehead atoms. The van der Waals surface area contributed by atoms with E-state index in [1.54, 1.807) is 0 Å². The second kappa shape index (κ2) is 18.3. The Kier molecular flexibility index (Phi) is 11.1. The summed E-state index contributed by atoms with van der Waals surface area (Å²) in [6.45, 7) is 0. The number of hydrogen-bond donors (Lipinski definition) is 2. The molecule has 2 N–H and O–H groups in total. The van der Waals surface area contributed by atoms with Gasteiger partial charge < -0.3 is 5.32 Å². The van der Waals surface area contributed by atoms with Gasteiger partial charge in [-0.05, 0) is 85.5 Å². The van der Waals surface area contributed by atoms with Crippen LogP contribution in [0.2, 0.25) is 0 Å². The molecule has 67 heavy (non-hydrogen) atoms. The lowest BCUT2D eigenvalue weighted by Crippen LogP contribution is -2.20. The molecule has 0 spiro atoms. The Bertz CT molecular complexity index is 3310. The number of hydrogen-bond acceptors (Lipinski definition) is 3. The summed E-state index contributed by atoms with van der Waals surface area (Å²) in [6.07, 6.45) is 2.24. The fraction of sp³-hybridized carbons (Fsp3) is 0. The van der Waals surface area contributed by atoms with Crippen LogP contribution in [-0.2, 0) is 0 Å². The summed E-state index contributed by atoms with van der Waals surface area (Å²) in [4.78, 5) is 5.28. The third-order valence-corrected chi connectivity index (χ3v) is 12.5. The van der Waals surface area contributed by atoms with E-state index in [9.17, 15) is 5.41 Å². The first-order valence-corrected chi connectivity index (χ1v) is 22.7. The quantitative estimate of drug-likeness (QED) is 0.135. The van der Waals surface area contributed by atoms with E-state index >= 15 is 0 Å². The van der Waals surface area contributed by atoms with Crippen LogP contribution in [0.3, 0.4) is 0 Å². The number of nitrogens with one attached hydrogen (secondary N) is 2. The number of pyridine rings is 1. The Morgan fingerprint density at radius 1 is 0.328 bits per heavy atom. The Morgan fingerprint density at radius 3 is 1.19 bits per heavy atom. The molecule has 11 rings (SSSR count). The van der Waals surface area contributed by atoms with Gasteiger partial charge in [0.15, 0.2) is 0 Å². The Hall–Kier alpha value is -8.92. The van der Waals surface area contributed by atoms with Crippen molar-refractivity contribution < 1.29 is 0 Å². The second-order valence-corrected chi connectivity index (χ2v) is 16.8. The van der Waals surface area contributed by atoms with Crippen molar-refractivity contribution in [2.24, 2.45) is 0 Å². The highest BCUT2D eigenvalue weighted by Crippen LogP contribution is 2.39. The normalized spacial score (nSPS) is 12.6. The Labute approximate surface area is 392 Å². The fourth-order valence-electron chi connectivity index (χ4n) is 9.00. The minimum Gasteiger partial charge on any atom is -0.354 e. The van der Waals surface area contributed by atoms with Crippen LogP contribution in [0.15, 0.2) is 255 Å².